The fourth-order valence-electron chi connectivity index (χ4n) is 3.70. The van der Waals surface area contributed by atoms with Gasteiger partial charge >= 0.3 is 6.03 Å². The zero-order chi connectivity index (χ0) is 20.5. The van der Waals surface area contributed by atoms with Gasteiger partial charge in [0.1, 0.15) is 0 Å². The van der Waals surface area contributed by atoms with Crippen molar-refractivity contribution in [1.29, 1.82) is 0 Å². The largest absolute Gasteiger partial charge is 0.336 e. The summed E-state index contributed by atoms with van der Waals surface area (Å²) in [4.78, 5) is 16.9. The molecule has 2 heterocycles. The first-order valence-corrected chi connectivity index (χ1v) is 9.95. The van der Waals surface area contributed by atoms with Gasteiger partial charge in [0.05, 0.1) is 12.2 Å². The zero-order valence-corrected chi connectivity index (χ0v) is 18.0. The second-order valence-electron chi connectivity index (χ2n) is 9.02. The second-order valence-corrected chi connectivity index (χ2v) is 9.02. The van der Waals surface area contributed by atoms with Crippen molar-refractivity contribution in [2.45, 2.75) is 45.2 Å². The molecule has 1 aliphatic heterocycles. The van der Waals surface area contributed by atoms with Gasteiger partial charge in [-0.3, -0.25) is 4.68 Å². The Morgan fingerprint density at radius 3 is 2.64 bits per heavy atom. The van der Waals surface area contributed by atoms with Gasteiger partial charge in [-0.1, -0.05) is 39.0 Å². The number of hydrogen-bond donors (Lipinski definition) is 1. The van der Waals surface area contributed by atoms with Gasteiger partial charge in [0.25, 0.3) is 0 Å². The highest BCUT2D eigenvalue weighted by atomic mass is 16.2. The van der Waals surface area contributed by atoms with Crippen molar-refractivity contribution in [3.63, 3.8) is 0 Å². The van der Waals surface area contributed by atoms with Crippen LogP contribution < -0.4 is 5.32 Å². The molecule has 3 rings (SSSR count). The van der Waals surface area contributed by atoms with Crippen LogP contribution >= 0.6 is 0 Å². The number of carbonyl (C=O) groups excluding carboxylic acids is 1. The number of aryl methyl sites for hydroxylation is 1. The highest BCUT2D eigenvalue weighted by Gasteiger charge is 2.24. The first-order valence-electron chi connectivity index (χ1n) is 9.95. The lowest BCUT2D eigenvalue weighted by Gasteiger charge is -2.32. The third-order valence-corrected chi connectivity index (χ3v) is 5.55. The Balaban J connectivity index is 1.65. The van der Waals surface area contributed by atoms with Crippen molar-refractivity contribution in [3.8, 4) is 0 Å². The van der Waals surface area contributed by atoms with Gasteiger partial charge in [0.2, 0.25) is 0 Å². The maximum atomic E-state index is 12.8. The van der Waals surface area contributed by atoms with Gasteiger partial charge in [-0.15, -0.1) is 0 Å². The standard InChI is InChI=1S/C22H33N5O/c1-22(2,3)19-8-7-16-9-10-27(15-17(16)11-19)21(28)23-13-20(25(4)5)18-12-24-26(6)14-18/h7-8,11-12,14,20H,9-10,13,15H2,1-6H3,(H,23,28). The van der Waals surface area contributed by atoms with Crippen molar-refractivity contribution in [3.05, 3.63) is 52.8 Å². The van der Waals surface area contributed by atoms with Crippen LogP contribution in [0, 0.1) is 0 Å². The molecular weight excluding hydrogens is 350 g/mol. The van der Waals surface area contributed by atoms with Crippen molar-refractivity contribution in [1.82, 2.24) is 24.9 Å². The van der Waals surface area contributed by atoms with Crippen LogP contribution in [0.15, 0.2) is 30.6 Å². The van der Waals surface area contributed by atoms with E-state index >= 15 is 0 Å². The van der Waals surface area contributed by atoms with Crippen LogP contribution in [0.3, 0.4) is 0 Å². The maximum absolute atomic E-state index is 12.8. The monoisotopic (exact) mass is 383 g/mol. The van der Waals surface area contributed by atoms with Gasteiger partial charge < -0.3 is 15.1 Å². The third kappa shape index (κ3) is 4.55. The summed E-state index contributed by atoms with van der Waals surface area (Å²) < 4.78 is 1.79. The molecule has 1 aromatic carbocycles. The van der Waals surface area contributed by atoms with Crippen LogP contribution in [-0.4, -0.2) is 52.8 Å². The Labute approximate surface area is 168 Å². The number of nitrogens with zero attached hydrogens (tertiary/aromatic N) is 4. The van der Waals surface area contributed by atoms with Crippen LogP contribution in [0.4, 0.5) is 4.79 Å². The summed E-state index contributed by atoms with van der Waals surface area (Å²) in [5, 5.41) is 7.38. The molecule has 0 saturated heterocycles. The number of fused-ring (bicyclic) bond motifs is 1. The molecule has 0 fully saturated rings. The normalized spacial score (nSPS) is 15.5. The van der Waals surface area contributed by atoms with Crippen LogP contribution in [0.25, 0.3) is 0 Å². The van der Waals surface area contributed by atoms with E-state index in [-0.39, 0.29) is 17.5 Å². The Bertz CT molecular complexity index is 834. The number of urea groups is 1. The number of benzene rings is 1. The number of likely N-dealkylation sites (N-methyl/N-ethyl adjacent to an activating group) is 1. The van der Waals surface area contributed by atoms with Crippen molar-refractivity contribution < 1.29 is 4.79 Å². The summed E-state index contributed by atoms with van der Waals surface area (Å²) in [6.07, 6.45) is 4.77. The van der Waals surface area contributed by atoms with Gasteiger partial charge in [-0.05, 0) is 42.6 Å². The Morgan fingerprint density at radius 1 is 1.29 bits per heavy atom. The molecule has 28 heavy (non-hydrogen) atoms. The summed E-state index contributed by atoms with van der Waals surface area (Å²) in [5.74, 6) is 0. The lowest BCUT2D eigenvalue weighted by Crippen LogP contribution is -2.45. The van der Waals surface area contributed by atoms with Crippen LogP contribution in [0.2, 0.25) is 0 Å². The number of carbonyl (C=O) groups is 1. The van der Waals surface area contributed by atoms with Gasteiger partial charge in [0, 0.05) is 38.4 Å². The summed E-state index contributed by atoms with van der Waals surface area (Å²) in [6, 6.07) is 6.83. The van der Waals surface area contributed by atoms with Gasteiger partial charge in [-0.2, -0.15) is 5.10 Å². The Hall–Kier alpha value is -2.34. The average Bonchev–Trinajstić information content (AvgIpc) is 3.05. The van der Waals surface area contributed by atoms with Gasteiger partial charge in [-0.25, -0.2) is 4.79 Å². The van der Waals surface area contributed by atoms with Crippen molar-refractivity contribution >= 4 is 6.03 Å². The van der Waals surface area contributed by atoms with E-state index in [9.17, 15) is 4.79 Å². The van der Waals surface area contributed by atoms with E-state index in [0.717, 1.165) is 18.5 Å². The molecule has 0 spiro atoms. The number of nitrogens with one attached hydrogen (secondary N) is 1. The second kappa shape index (κ2) is 7.95. The fourth-order valence-corrected chi connectivity index (χ4v) is 3.70. The van der Waals surface area contributed by atoms with Crippen molar-refractivity contribution in [2.75, 3.05) is 27.2 Å². The lowest BCUT2D eigenvalue weighted by atomic mass is 9.84. The van der Waals surface area contributed by atoms with Gasteiger partial charge in [0.15, 0.2) is 0 Å². The molecule has 0 radical (unpaired) electrons. The minimum absolute atomic E-state index is 0.00236. The molecule has 2 amide bonds. The predicted octanol–water partition coefficient (Wildman–Crippen LogP) is 3.09. The Morgan fingerprint density at radius 2 is 2.04 bits per heavy atom. The molecular formula is C22H33N5O. The van der Waals surface area contributed by atoms with E-state index in [4.69, 9.17) is 0 Å². The number of rotatable bonds is 4. The molecule has 0 saturated carbocycles. The molecule has 0 aliphatic carbocycles. The average molecular weight is 384 g/mol. The minimum atomic E-state index is 0.00236. The van der Waals surface area contributed by atoms with E-state index in [1.165, 1.54) is 16.7 Å². The molecule has 1 unspecified atom stereocenters. The summed E-state index contributed by atoms with van der Waals surface area (Å²) in [6.45, 7) is 8.66. The van der Waals surface area contributed by atoms with E-state index < -0.39 is 0 Å². The molecule has 6 nitrogen and oxygen atoms in total. The predicted molar refractivity (Wildman–Crippen MR) is 112 cm³/mol. The summed E-state index contributed by atoms with van der Waals surface area (Å²) >= 11 is 0. The molecule has 1 N–H and O–H groups in total. The molecule has 2 aromatic rings. The zero-order valence-electron chi connectivity index (χ0n) is 18.0. The molecule has 1 aliphatic rings. The van der Waals surface area contributed by atoms with E-state index in [1.54, 1.807) is 4.68 Å². The fraction of sp³-hybridized carbons (Fsp3) is 0.545. The van der Waals surface area contributed by atoms with Crippen LogP contribution in [-0.2, 0) is 25.4 Å². The SMILES string of the molecule is CN(C)C(CNC(=O)N1CCc2ccc(C(C)(C)C)cc2C1)c1cnn(C)c1. The smallest absolute Gasteiger partial charge is 0.317 e. The molecule has 0 bridgehead atoms. The van der Waals surface area contributed by atoms with Crippen molar-refractivity contribution in [2.24, 2.45) is 7.05 Å². The van der Waals surface area contributed by atoms with E-state index in [0.29, 0.717) is 13.1 Å². The third-order valence-electron chi connectivity index (χ3n) is 5.55. The lowest BCUT2D eigenvalue weighted by molar-refractivity contribution is 0.187. The van der Waals surface area contributed by atoms with Crippen LogP contribution in [0.5, 0.6) is 0 Å². The number of hydrogen-bond acceptors (Lipinski definition) is 3. The molecule has 1 atom stereocenters. The first-order chi connectivity index (χ1) is 13.1. The summed E-state index contributed by atoms with van der Waals surface area (Å²) in [5.41, 5.74) is 5.16. The summed E-state index contributed by atoms with van der Waals surface area (Å²) in [7, 11) is 5.95. The highest BCUT2D eigenvalue weighted by molar-refractivity contribution is 5.74. The number of aromatic nitrogens is 2. The number of amides is 2. The maximum Gasteiger partial charge on any atom is 0.317 e. The van der Waals surface area contributed by atoms with E-state index in [2.05, 4.69) is 54.3 Å². The topological polar surface area (TPSA) is 53.4 Å². The highest BCUT2D eigenvalue weighted by Crippen LogP contribution is 2.27. The van der Waals surface area contributed by atoms with Crippen LogP contribution in [0.1, 0.15) is 49.1 Å². The molecule has 6 heteroatoms. The molecule has 1 aromatic heterocycles. The van der Waals surface area contributed by atoms with E-state index in [1.807, 2.05) is 38.4 Å². The molecule has 152 valence electrons. The minimum Gasteiger partial charge on any atom is -0.336 e. The quantitative estimate of drug-likeness (QED) is 0.883. The first kappa shape index (κ1) is 20.4. The Kier molecular flexibility index (Phi) is 5.79.